The zero-order valence-electron chi connectivity index (χ0n) is 6.59. The van der Waals surface area contributed by atoms with Gasteiger partial charge < -0.3 is 4.74 Å². The summed E-state index contributed by atoms with van der Waals surface area (Å²) in [5, 5.41) is 2.89. The van der Waals surface area contributed by atoms with Crippen LogP contribution in [-0.4, -0.2) is 12.2 Å². The number of carbonyl (C=O) groups is 1. The molecule has 0 atom stereocenters. The van der Waals surface area contributed by atoms with Crippen molar-refractivity contribution in [2.45, 2.75) is 0 Å². The molecule has 0 aliphatic heterocycles. The molecule has 0 bridgehead atoms. The second-order valence-corrected chi connectivity index (χ2v) is 2.77. The first kappa shape index (κ1) is 10.2. The van der Waals surface area contributed by atoms with Crippen LogP contribution in [0.1, 0.15) is 0 Å². The molecular formula is C8H7Cl2NO2. The molecule has 0 saturated carbocycles. The Kier molecular flexibility index (Phi) is 3.86. The maximum atomic E-state index is 10.9. The third-order valence-corrected chi connectivity index (χ3v) is 1.73. The highest BCUT2D eigenvalue weighted by molar-refractivity contribution is 6.33. The van der Waals surface area contributed by atoms with Crippen molar-refractivity contribution in [1.29, 1.82) is 0 Å². The summed E-state index contributed by atoms with van der Waals surface area (Å²) in [4.78, 5) is 10.9. The van der Waals surface area contributed by atoms with Gasteiger partial charge in [-0.2, -0.15) is 0 Å². The van der Waals surface area contributed by atoms with E-state index in [0.717, 1.165) is 0 Å². The van der Waals surface area contributed by atoms with E-state index in [1.807, 2.05) is 0 Å². The minimum Gasteiger partial charge on any atom is -0.433 e. The molecule has 0 aromatic heterocycles. The van der Waals surface area contributed by atoms with Crippen molar-refractivity contribution < 1.29 is 9.53 Å². The van der Waals surface area contributed by atoms with E-state index in [9.17, 15) is 4.79 Å². The normalized spacial score (nSPS) is 9.38. The highest BCUT2D eigenvalue weighted by atomic mass is 35.5. The SMILES string of the molecule is O=C(Nc1ccccc1Cl)OCCl. The number of benzene rings is 1. The van der Waals surface area contributed by atoms with E-state index in [1.165, 1.54) is 0 Å². The van der Waals surface area contributed by atoms with Crippen LogP contribution < -0.4 is 5.32 Å². The second-order valence-electron chi connectivity index (χ2n) is 2.15. The number of hydrogen-bond donors (Lipinski definition) is 1. The molecule has 0 heterocycles. The smallest absolute Gasteiger partial charge is 0.412 e. The standard InChI is InChI=1S/C8H7Cl2NO2/c9-5-13-8(12)11-7-4-2-1-3-6(7)10/h1-4H,5H2,(H,11,12). The molecule has 0 unspecified atom stereocenters. The Morgan fingerprint density at radius 1 is 1.46 bits per heavy atom. The Bertz CT molecular complexity index is 304. The molecule has 0 aliphatic carbocycles. The number of carbonyl (C=O) groups excluding carboxylic acids is 1. The van der Waals surface area contributed by atoms with Gasteiger partial charge in [0.2, 0.25) is 0 Å². The summed E-state index contributed by atoms with van der Waals surface area (Å²) in [5.41, 5.74) is 0.499. The van der Waals surface area contributed by atoms with E-state index in [-0.39, 0.29) is 6.07 Å². The van der Waals surface area contributed by atoms with Gasteiger partial charge in [0.1, 0.15) is 0 Å². The minimum atomic E-state index is -0.622. The fourth-order valence-electron chi connectivity index (χ4n) is 0.758. The van der Waals surface area contributed by atoms with E-state index >= 15 is 0 Å². The van der Waals surface area contributed by atoms with Gasteiger partial charge in [0.15, 0.2) is 6.07 Å². The van der Waals surface area contributed by atoms with Crippen molar-refractivity contribution >= 4 is 35.0 Å². The van der Waals surface area contributed by atoms with Crippen LogP contribution in [0.3, 0.4) is 0 Å². The highest BCUT2D eigenvalue weighted by Crippen LogP contribution is 2.20. The first-order chi connectivity index (χ1) is 6.24. The summed E-state index contributed by atoms with van der Waals surface area (Å²) in [5.74, 6) is 0. The average molecular weight is 220 g/mol. The van der Waals surface area contributed by atoms with Gasteiger partial charge in [0, 0.05) is 0 Å². The lowest BCUT2D eigenvalue weighted by Gasteiger charge is -2.05. The zero-order chi connectivity index (χ0) is 9.68. The zero-order valence-corrected chi connectivity index (χ0v) is 8.10. The predicted molar refractivity (Wildman–Crippen MR) is 52.3 cm³/mol. The number of hydrogen-bond acceptors (Lipinski definition) is 2. The minimum absolute atomic E-state index is 0.184. The van der Waals surface area contributed by atoms with Crippen LogP contribution >= 0.6 is 23.2 Å². The van der Waals surface area contributed by atoms with E-state index < -0.39 is 6.09 Å². The maximum Gasteiger partial charge on any atom is 0.412 e. The summed E-state index contributed by atoms with van der Waals surface area (Å²) in [6.07, 6.45) is -0.622. The molecule has 1 aromatic carbocycles. The van der Waals surface area contributed by atoms with Crippen LogP contribution in [0.15, 0.2) is 24.3 Å². The number of alkyl halides is 1. The fraction of sp³-hybridized carbons (Fsp3) is 0.125. The Hall–Kier alpha value is -0.930. The molecule has 0 aliphatic rings. The summed E-state index contributed by atoms with van der Waals surface area (Å²) in [6.45, 7) is 0. The Labute approximate surface area is 85.6 Å². The maximum absolute atomic E-state index is 10.9. The van der Waals surface area contributed by atoms with Gasteiger partial charge in [-0.05, 0) is 12.1 Å². The van der Waals surface area contributed by atoms with Crippen molar-refractivity contribution in [3.05, 3.63) is 29.3 Å². The van der Waals surface area contributed by atoms with Gasteiger partial charge in [0.05, 0.1) is 10.7 Å². The number of anilines is 1. The molecule has 0 saturated heterocycles. The van der Waals surface area contributed by atoms with Gasteiger partial charge in [-0.15, -0.1) is 0 Å². The Morgan fingerprint density at radius 3 is 2.77 bits per heavy atom. The lowest BCUT2D eigenvalue weighted by atomic mass is 10.3. The molecular weight excluding hydrogens is 213 g/mol. The van der Waals surface area contributed by atoms with E-state index in [1.54, 1.807) is 24.3 Å². The van der Waals surface area contributed by atoms with Crippen LogP contribution in [0, 0.1) is 0 Å². The molecule has 1 N–H and O–H groups in total. The number of halogens is 2. The largest absolute Gasteiger partial charge is 0.433 e. The van der Waals surface area contributed by atoms with Gasteiger partial charge >= 0.3 is 6.09 Å². The number of para-hydroxylation sites is 1. The molecule has 70 valence electrons. The topological polar surface area (TPSA) is 38.3 Å². The van der Waals surface area contributed by atoms with E-state index in [0.29, 0.717) is 10.7 Å². The Balaban J connectivity index is 2.63. The van der Waals surface area contributed by atoms with Gasteiger partial charge in [-0.3, -0.25) is 5.32 Å². The molecule has 1 aromatic rings. The van der Waals surface area contributed by atoms with Crippen molar-refractivity contribution in [3.63, 3.8) is 0 Å². The molecule has 5 heteroatoms. The fourth-order valence-corrected chi connectivity index (χ4v) is 1.04. The van der Waals surface area contributed by atoms with Crippen molar-refractivity contribution in [2.24, 2.45) is 0 Å². The molecule has 13 heavy (non-hydrogen) atoms. The van der Waals surface area contributed by atoms with Gasteiger partial charge in [0.25, 0.3) is 0 Å². The van der Waals surface area contributed by atoms with Crippen LogP contribution in [0.25, 0.3) is 0 Å². The molecule has 0 radical (unpaired) electrons. The number of ether oxygens (including phenoxy) is 1. The molecule has 0 fully saturated rings. The molecule has 1 amide bonds. The van der Waals surface area contributed by atoms with Crippen LogP contribution in [0.2, 0.25) is 5.02 Å². The summed E-state index contributed by atoms with van der Waals surface area (Å²) in [7, 11) is 0. The van der Waals surface area contributed by atoms with Crippen LogP contribution in [0.4, 0.5) is 10.5 Å². The van der Waals surface area contributed by atoms with Crippen molar-refractivity contribution in [2.75, 3.05) is 11.4 Å². The number of amides is 1. The average Bonchev–Trinajstić information content (AvgIpc) is 2.09. The lowest BCUT2D eigenvalue weighted by molar-refractivity contribution is 0.180. The van der Waals surface area contributed by atoms with Gasteiger partial charge in [-0.25, -0.2) is 4.79 Å². The van der Waals surface area contributed by atoms with E-state index in [2.05, 4.69) is 10.1 Å². The van der Waals surface area contributed by atoms with Crippen LogP contribution in [0.5, 0.6) is 0 Å². The molecule has 1 rings (SSSR count). The highest BCUT2D eigenvalue weighted by Gasteiger charge is 2.04. The van der Waals surface area contributed by atoms with Crippen LogP contribution in [-0.2, 0) is 4.74 Å². The first-order valence-electron chi connectivity index (χ1n) is 3.48. The second kappa shape index (κ2) is 4.94. The molecule has 3 nitrogen and oxygen atoms in total. The quantitative estimate of drug-likeness (QED) is 0.777. The van der Waals surface area contributed by atoms with Crippen molar-refractivity contribution in [3.8, 4) is 0 Å². The summed E-state index contributed by atoms with van der Waals surface area (Å²) < 4.78 is 4.46. The third-order valence-electron chi connectivity index (χ3n) is 1.30. The van der Waals surface area contributed by atoms with Gasteiger partial charge in [-0.1, -0.05) is 35.3 Å². The number of nitrogens with one attached hydrogen (secondary N) is 1. The summed E-state index contributed by atoms with van der Waals surface area (Å²) >= 11 is 11.0. The third kappa shape index (κ3) is 3.13. The summed E-state index contributed by atoms with van der Waals surface area (Å²) in [6, 6.07) is 6.66. The Morgan fingerprint density at radius 2 is 2.15 bits per heavy atom. The lowest BCUT2D eigenvalue weighted by Crippen LogP contribution is -2.12. The first-order valence-corrected chi connectivity index (χ1v) is 4.39. The van der Waals surface area contributed by atoms with E-state index in [4.69, 9.17) is 23.2 Å². The molecule has 0 spiro atoms. The van der Waals surface area contributed by atoms with Crippen molar-refractivity contribution in [1.82, 2.24) is 0 Å². The number of rotatable bonds is 2. The monoisotopic (exact) mass is 219 g/mol. The predicted octanol–water partition coefficient (Wildman–Crippen LogP) is 3.08.